The van der Waals surface area contributed by atoms with E-state index in [9.17, 15) is 0 Å². The fraction of sp³-hybridized carbons (Fsp3) is 1.00. The number of hydrogen-bond acceptors (Lipinski definition) is 2. The summed E-state index contributed by atoms with van der Waals surface area (Å²) in [5.41, 5.74) is 6.13. The second-order valence-electron chi connectivity index (χ2n) is 4.33. The van der Waals surface area contributed by atoms with E-state index in [4.69, 9.17) is 10.5 Å². The highest BCUT2D eigenvalue weighted by Gasteiger charge is 2.36. The molecule has 1 aliphatic carbocycles. The molecule has 1 aliphatic heterocycles. The molecule has 0 atom stereocenters. The van der Waals surface area contributed by atoms with Crippen molar-refractivity contribution in [3.05, 3.63) is 0 Å². The van der Waals surface area contributed by atoms with Crippen LogP contribution in [-0.4, -0.2) is 18.2 Å². The summed E-state index contributed by atoms with van der Waals surface area (Å²) in [5.74, 6) is 0. The van der Waals surface area contributed by atoms with Crippen LogP contribution in [-0.2, 0) is 4.74 Å². The van der Waals surface area contributed by atoms with Crippen molar-refractivity contribution >= 4 is 0 Å². The molecule has 0 aromatic carbocycles. The predicted molar refractivity (Wildman–Crippen MR) is 49.0 cm³/mol. The summed E-state index contributed by atoms with van der Waals surface area (Å²) in [6, 6.07) is 0.446. The van der Waals surface area contributed by atoms with Gasteiger partial charge in [-0.3, -0.25) is 0 Å². The van der Waals surface area contributed by atoms with Crippen LogP contribution in [0.15, 0.2) is 0 Å². The average Bonchev–Trinajstić information content (AvgIpc) is 2.13. The van der Waals surface area contributed by atoms with Crippen LogP contribution in [0.1, 0.15) is 44.9 Å². The predicted octanol–water partition coefficient (Wildman–Crippen LogP) is 1.83. The first kappa shape index (κ1) is 8.52. The average molecular weight is 169 g/mol. The van der Waals surface area contributed by atoms with Crippen LogP contribution in [0.2, 0.25) is 0 Å². The van der Waals surface area contributed by atoms with Gasteiger partial charge in [-0.15, -0.1) is 0 Å². The van der Waals surface area contributed by atoms with E-state index in [0.29, 0.717) is 6.04 Å². The molecule has 70 valence electrons. The Kier molecular flexibility index (Phi) is 2.37. The summed E-state index contributed by atoms with van der Waals surface area (Å²) in [7, 11) is 0. The van der Waals surface area contributed by atoms with Crippen molar-refractivity contribution in [1.82, 2.24) is 0 Å². The molecule has 1 saturated heterocycles. The van der Waals surface area contributed by atoms with Gasteiger partial charge in [-0.05, 0) is 44.9 Å². The van der Waals surface area contributed by atoms with Gasteiger partial charge in [0.05, 0.1) is 5.60 Å². The first-order valence-corrected chi connectivity index (χ1v) is 5.20. The van der Waals surface area contributed by atoms with Gasteiger partial charge < -0.3 is 10.5 Å². The zero-order valence-corrected chi connectivity index (χ0v) is 7.72. The van der Waals surface area contributed by atoms with E-state index in [1.54, 1.807) is 0 Å². The highest BCUT2D eigenvalue weighted by molar-refractivity contribution is 4.90. The maximum atomic E-state index is 5.90. The van der Waals surface area contributed by atoms with Gasteiger partial charge in [0.1, 0.15) is 0 Å². The molecule has 1 saturated carbocycles. The molecule has 0 unspecified atom stereocenters. The molecule has 2 fully saturated rings. The monoisotopic (exact) mass is 169 g/mol. The topological polar surface area (TPSA) is 35.2 Å². The van der Waals surface area contributed by atoms with Crippen molar-refractivity contribution in [3.63, 3.8) is 0 Å². The molecule has 1 spiro atoms. The van der Waals surface area contributed by atoms with Crippen molar-refractivity contribution in [2.75, 3.05) is 6.61 Å². The fourth-order valence-corrected chi connectivity index (χ4v) is 2.47. The number of hydrogen-bond donors (Lipinski definition) is 1. The van der Waals surface area contributed by atoms with Crippen molar-refractivity contribution in [2.45, 2.75) is 56.6 Å². The molecule has 0 aromatic rings. The van der Waals surface area contributed by atoms with Gasteiger partial charge in [0.25, 0.3) is 0 Å². The first-order chi connectivity index (χ1) is 5.81. The van der Waals surface area contributed by atoms with Crippen molar-refractivity contribution in [1.29, 1.82) is 0 Å². The van der Waals surface area contributed by atoms with Gasteiger partial charge in [-0.25, -0.2) is 0 Å². The summed E-state index contributed by atoms with van der Waals surface area (Å²) in [6.07, 6.45) is 8.63. The second-order valence-corrected chi connectivity index (χ2v) is 4.33. The minimum atomic E-state index is 0.258. The molecule has 12 heavy (non-hydrogen) atoms. The van der Waals surface area contributed by atoms with Gasteiger partial charge in [0, 0.05) is 12.6 Å². The highest BCUT2D eigenvalue weighted by atomic mass is 16.5. The van der Waals surface area contributed by atoms with E-state index in [1.165, 1.54) is 44.9 Å². The Morgan fingerprint density at radius 1 is 1.08 bits per heavy atom. The second kappa shape index (κ2) is 3.35. The lowest BCUT2D eigenvalue weighted by atomic mass is 9.78. The number of nitrogens with two attached hydrogens (primary N) is 1. The van der Waals surface area contributed by atoms with Crippen molar-refractivity contribution in [2.24, 2.45) is 5.73 Å². The third-order valence-corrected chi connectivity index (χ3v) is 3.38. The Morgan fingerprint density at radius 3 is 2.42 bits per heavy atom. The van der Waals surface area contributed by atoms with Gasteiger partial charge in [0.15, 0.2) is 0 Å². The van der Waals surface area contributed by atoms with Crippen molar-refractivity contribution in [3.8, 4) is 0 Å². The van der Waals surface area contributed by atoms with Gasteiger partial charge >= 0.3 is 0 Å². The molecule has 0 aromatic heterocycles. The molecule has 2 rings (SSSR count). The van der Waals surface area contributed by atoms with E-state index in [-0.39, 0.29) is 5.60 Å². The Hall–Kier alpha value is -0.0800. The summed E-state index contributed by atoms with van der Waals surface area (Å²) in [5, 5.41) is 0. The van der Waals surface area contributed by atoms with Crippen LogP contribution in [0.5, 0.6) is 0 Å². The van der Waals surface area contributed by atoms with Gasteiger partial charge in [0.2, 0.25) is 0 Å². The third kappa shape index (κ3) is 1.64. The molecule has 2 heteroatoms. The molecule has 1 heterocycles. The van der Waals surface area contributed by atoms with Crippen LogP contribution in [0.4, 0.5) is 0 Å². The quantitative estimate of drug-likeness (QED) is 0.600. The van der Waals surface area contributed by atoms with E-state index < -0.39 is 0 Å². The van der Waals surface area contributed by atoms with E-state index in [2.05, 4.69) is 0 Å². The van der Waals surface area contributed by atoms with Crippen LogP contribution in [0.25, 0.3) is 0 Å². The molecule has 0 radical (unpaired) electrons. The number of ether oxygens (including phenoxy) is 1. The van der Waals surface area contributed by atoms with E-state index in [0.717, 1.165) is 6.61 Å². The fourth-order valence-electron chi connectivity index (χ4n) is 2.47. The Morgan fingerprint density at radius 2 is 1.83 bits per heavy atom. The lowest BCUT2D eigenvalue weighted by molar-refractivity contribution is -0.101. The lowest BCUT2D eigenvalue weighted by Gasteiger charge is -2.41. The van der Waals surface area contributed by atoms with E-state index in [1.807, 2.05) is 0 Å². The smallest absolute Gasteiger partial charge is 0.0683 e. The van der Waals surface area contributed by atoms with Gasteiger partial charge in [-0.1, -0.05) is 0 Å². The Balaban J connectivity index is 1.92. The largest absolute Gasteiger partial charge is 0.375 e. The Labute approximate surface area is 74.5 Å². The summed E-state index contributed by atoms with van der Waals surface area (Å²) >= 11 is 0. The maximum Gasteiger partial charge on any atom is 0.0683 e. The maximum absolute atomic E-state index is 5.90. The summed E-state index contributed by atoms with van der Waals surface area (Å²) < 4.78 is 5.90. The van der Waals surface area contributed by atoms with E-state index >= 15 is 0 Å². The van der Waals surface area contributed by atoms with Crippen LogP contribution in [0, 0.1) is 0 Å². The molecular weight excluding hydrogens is 150 g/mol. The summed E-state index contributed by atoms with van der Waals surface area (Å²) in [4.78, 5) is 0. The standard InChI is InChI=1S/C10H19NO/c11-9-3-6-10(7-4-9)5-1-2-8-12-10/h9H,1-8,11H2. The van der Waals surface area contributed by atoms with Gasteiger partial charge in [-0.2, -0.15) is 0 Å². The zero-order valence-electron chi connectivity index (χ0n) is 7.72. The lowest BCUT2D eigenvalue weighted by Crippen LogP contribution is -2.43. The minimum absolute atomic E-state index is 0.258. The highest BCUT2D eigenvalue weighted by Crippen LogP contribution is 2.37. The van der Waals surface area contributed by atoms with Crippen molar-refractivity contribution < 1.29 is 4.74 Å². The molecular formula is C10H19NO. The minimum Gasteiger partial charge on any atom is -0.375 e. The molecule has 2 nitrogen and oxygen atoms in total. The van der Waals surface area contributed by atoms with Crippen LogP contribution in [0.3, 0.4) is 0 Å². The molecule has 2 N–H and O–H groups in total. The molecule has 0 amide bonds. The summed E-state index contributed by atoms with van der Waals surface area (Å²) in [6.45, 7) is 0.981. The normalized spacial score (nSPS) is 43.2. The SMILES string of the molecule is NC1CCC2(CCCCO2)CC1. The molecule has 0 bridgehead atoms. The first-order valence-electron chi connectivity index (χ1n) is 5.20. The Bertz CT molecular complexity index is 142. The zero-order chi connectivity index (χ0) is 8.44. The number of rotatable bonds is 0. The van der Waals surface area contributed by atoms with Crippen LogP contribution < -0.4 is 5.73 Å². The third-order valence-electron chi connectivity index (χ3n) is 3.38. The molecule has 2 aliphatic rings. The van der Waals surface area contributed by atoms with Crippen LogP contribution >= 0.6 is 0 Å².